The Labute approximate surface area is 223 Å². The summed E-state index contributed by atoms with van der Waals surface area (Å²) in [4.78, 5) is 18.6. The number of ether oxygens (including phenoxy) is 1. The summed E-state index contributed by atoms with van der Waals surface area (Å²) < 4.78 is 67.3. The molecule has 3 aliphatic rings. The number of amides is 1. The summed E-state index contributed by atoms with van der Waals surface area (Å²) in [5.74, 6) is -0.236. The lowest BCUT2D eigenvalue weighted by Gasteiger charge is -2.39. The molecule has 8 nitrogen and oxygen atoms in total. The van der Waals surface area contributed by atoms with Crippen molar-refractivity contribution in [2.24, 2.45) is 0 Å². The molecule has 0 saturated carbocycles. The fourth-order valence-corrected chi connectivity index (χ4v) is 7.90. The van der Waals surface area contributed by atoms with Gasteiger partial charge in [0.1, 0.15) is 18.3 Å². The molecule has 14 heteroatoms. The number of thiophene rings is 1. The van der Waals surface area contributed by atoms with Crippen LogP contribution in [-0.2, 0) is 9.53 Å². The summed E-state index contributed by atoms with van der Waals surface area (Å²) in [7, 11) is 3.36. The van der Waals surface area contributed by atoms with Gasteiger partial charge in [-0.25, -0.2) is 4.39 Å². The number of alkyl halides is 4. The van der Waals surface area contributed by atoms with Crippen molar-refractivity contribution in [1.82, 2.24) is 20.4 Å². The molecule has 3 aromatic rings. The normalized spacial score (nSPS) is 29.8. The molecule has 3 fully saturated rings. The highest BCUT2D eigenvalue weighted by Crippen LogP contribution is 2.51. The van der Waals surface area contributed by atoms with Crippen LogP contribution >= 0.6 is 23.1 Å². The number of methoxy groups -OCH3 is 1. The van der Waals surface area contributed by atoms with E-state index in [1.54, 1.807) is 18.2 Å². The number of anilines is 1. The first-order valence-electron chi connectivity index (χ1n) is 12.2. The van der Waals surface area contributed by atoms with Crippen molar-refractivity contribution in [3.8, 4) is 10.7 Å². The lowest BCUT2D eigenvalue weighted by atomic mass is 9.95. The molecule has 2 aromatic heterocycles. The minimum Gasteiger partial charge on any atom is -0.378 e. The number of carbonyl (C=O) groups excluding carboxylic acids is 1. The van der Waals surface area contributed by atoms with Crippen LogP contribution in [0.2, 0.25) is 0 Å². The molecule has 3 aliphatic heterocycles. The number of nitrogens with one attached hydrogen (secondary N) is 2. The summed E-state index contributed by atoms with van der Waals surface area (Å²) in [6.45, 7) is 0. The summed E-state index contributed by atoms with van der Waals surface area (Å²) >= 11 is 0.861. The highest BCUT2D eigenvalue weighted by molar-refractivity contribution is 8.00. The zero-order valence-electron chi connectivity index (χ0n) is 20.4. The summed E-state index contributed by atoms with van der Waals surface area (Å²) in [6.07, 6.45) is 0.870. The van der Waals surface area contributed by atoms with Crippen LogP contribution in [0.3, 0.4) is 0 Å². The third kappa shape index (κ3) is 4.54. The van der Waals surface area contributed by atoms with Gasteiger partial charge >= 0.3 is 5.51 Å². The quantitative estimate of drug-likeness (QED) is 0.311. The van der Waals surface area contributed by atoms with E-state index in [1.165, 1.54) is 7.11 Å². The zero-order chi connectivity index (χ0) is 26.8. The minimum absolute atomic E-state index is 0.00489. The average Bonchev–Trinajstić information content (AvgIpc) is 3.62. The molecule has 204 valence electrons. The van der Waals surface area contributed by atoms with E-state index in [0.29, 0.717) is 22.2 Å². The molecule has 0 aliphatic carbocycles. The highest BCUT2D eigenvalue weighted by Gasteiger charge is 2.46. The Kier molecular flexibility index (Phi) is 6.56. The molecule has 1 amide bonds. The van der Waals surface area contributed by atoms with E-state index in [4.69, 9.17) is 9.26 Å². The van der Waals surface area contributed by atoms with Gasteiger partial charge in [-0.1, -0.05) is 17.3 Å². The maximum absolute atomic E-state index is 15.4. The number of hydrogen-bond acceptors (Lipinski definition) is 9. The smallest absolute Gasteiger partial charge is 0.378 e. The molecule has 2 N–H and O–H groups in total. The number of thioether (sulfide) groups is 1. The summed E-state index contributed by atoms with van der Waals surface area (Å²) in [6, 6.07) is 4.13. The van der Waals surface area contributed by atoms with E-state index >= 15 is 4.39 Å². The molecule has 3 saturated heterocycles. The van der Waals surface area contributed by atoms with Crippen LogP contribution in [0.25, 0.3) is 20.8 Å². The molecule has 0 unspecified atom stereocenters. The number of aromatic nitrogens is 2. The predicted molar refractivity (Wildman–Crippen MR) is 135 cm³/mol. The van der Waals surface area contributed by atoms with Gasteiger partial charge in [-0.2, -0.15) is 18.2 Å². The van der Waals surface area contributed by atoms with Gasteiger partial charge in [-0.3, -0.25) is 9.69 Å². The van der Waals surface area contributed by atoms with Gasteiger partial charge in [0, 0.05) is 35.9 Å². The van der Waals surface area contributed by atoms with Crippen LogP contribution in [0.15, 0.2) is 27.6 Å². The molecule has 6 atom stereocenters. The fourth-order valence-electron chi connectivity index (χ4n) is 5.79. The van der Waals surface area contributed by atoms with Crippen molar-refractivity contribution in [3.63, 3.8) is 0 Å². The van der Waals surface area contributed by atoms with E-state index in [2.05, 4.69) is 25.7 Å². The zero-order valence-corrected chi connectivity index (χ0v) is 22.1. The van der Waals surface area contributed by atoms with E-state index in [9.17, 15) is 18.0 Å². The number of benzene rings is 1. The van der Waals surface area contributed by atoms with Crippen molar-refractivity contribution in [3.05, 3.63) is 24.1 Å². The largest absolute Gasteiger partial charge is 0.446 e. The Balaban J connectivity index is 1.36. The third-order valence-electron chi connectivity index (χ3n) is 7.69. The molecule has 5 heterocycles. The average molecular weight is 572 g/mol. The third-order valence-corrected chi connectivity index (χ3v) is 9.91. The van der Waals surface area contributed by atoms with Crippen LogP contribution in [0, 0.1) is 0 Å². The van der Waals surface area contributed by atoms with Crippen LogP contribution < -0.4 is 10.6 Å². The topological polar surface area (TPSA) is 92.5 Å². The second-order valence-electron chi connectivity index (χ2n) is 9.86. The van der Waals surface area contributed by atoms with Gasteiger partial charge in [0.05, 0.1) is 21.3 Å². The molecule has 38 heavy (non-hydrogen) atoms. The van der Waals surface area contributed by atoms with Crippen molar-refractivity contribution in [1.29, 1.82) is 0 Å². The van der Waals surface area contributed by atoms with E-state index < -0.39 is 29.9 Å². The molecule has 0 radical (unpaired) electrons. The number of fused-ring (bicyclic) bond motifs is 3. The molecular weight excluding hydrogens is 546 g/mol. The van der Waals surface area contributed by atoms with Gasteiger partial charge in [-0.05, 0) is 44.1 Å². The highest BCUT2D eigenvalue weighted by atomic mass is 32.2. The standard InChI is InChI=1S/C24H25F4N5O3S2/c1-33-10-6-7-15(33)17(25)13(8-10)29-12-5-3-4-11-18(12)37-20(19(11)38-24(26,27)28)21-31-23(36-32-21)14-9-16(35-2)22(34)30-14/h3-5,10,13-17,29H,6-9H2,1-2H3,(H,30,34)/t10-,13-,14-,15+,16+,17-/m1/s1. The number of carbonyl (C=O) groups is 1. The number of nitrogens with zero attached hydrogens (tertiary/aromatic N) is 3. The Hall–Kier alpha value is -2.42. The van der Waals surface area contributed by atoms with E-state index in [1.807, 2.05) is 7.05 Å². The number of rotatable bonds is 6. The first kappa shape index (κ1) is 25.8. The minimum atomic E-state index is -4.55. The van der Waals surface area contributed by atoms with Gasteiger partial charge < -0.3 is 19.9 Å². The second-order valence-corrected chi connectivity index (χ2v) is 12.0. The van der Waals surface area contributed by atoms with Gasteiger partial charge in [-0.15, -0.1) is 11.3 Å². The van der Waals surface area contributed by atoms with Crippen molar-refractivity contribution in [2.75, 3.05) is 19.5 Å². The maximum atomic E-state index is 15.4. The Bertz CT molecular complexity index is 1360. The lowest BCUT2D eigenvalue weighted by Crippen LogP contribution is -2.53. The van der Waals surface area contributed by atoms with Crippen LogP contribution in [-0.4, -0.2) is 71.0 Å². The number of piperidine rings is 1. The van der Waals surface area contributed by atoms with Crippen LogP contribution in [0.4, 0.5) is 23.2 Å². The van der Waals surface area contributed by atoms with Crippen molar-refractivity contribution < 1.29 is 31.6 Å². The van der Waals surface area contributed by atoms with Crippen molar-refractivity contribution in [2.45, 2.75) is 72.5 Å². The monoisotopic (exact) mass is 571 g/mol. The maximum Gasteiger partial charge on any atom is 0.446 e. The first-order valence-corrected chi connectivity index (χ1v) is 13.9. The summed E-state index contributed by atoms with van der Waals surface area (Å²) in [5, 5.41) is 10.3. The van der Waals surface area contributed by atoms with Gasteiger partial charge in [0.25, 0.3) is 0 Å². The second kappa shape index (κ2) is 9.65. The van der Waals surface area contributed by atoms with E-state index in [-0.39, 0.29) is 57.7 Å². The van der Waals surface area contributed by atoms with Gasteiger partial charge in [0.15, 0.2) is 0 Å². The molecule has 6 rings (SSSR count). The Morgan fingerprint density at radius 1 is 1.29 bits per heavy atom. The SMILES string of the molecule is CO[C@H]1C[C@H](c2nc(-c3sc4c(N[C@@H]5C[C@H]6CC[C@@H]([C@@H]5F)N6C)cccc4c3SC(F)(F)F)no2)NC1=O. The lowest BCUT2D eigenvalue weighted by molar-refractivity contribution is -0.127. The van der Waals surface area contributed by atoms with Crippen molar-refractivity contribution >= 4 is 44.8 Å². The molecule has 1 aromatic carbocycles. The first-order chi connectivity index (χ1) is 18.1. The number of halogens is 4. The predicted octanol–water partition coefficient (Wildman–Crippen LogP) is 5.12. The Morgan fingerprint density at radius 2 is 2.11 bits per heavy atom. The van der Waals surface area contributed by atoms with Gasteiger partial charge in [0.2, 0.25) is 17.6 Å². The van der Waals surface area contributed by atoms with Crippen LogP contribution in [0.5, 0.6) is 0 Å². The molecular formula is C24H25F4N5O3S2. The van der Waals surface area contributed by atoms with E-state index in [0.717, 1.165) is 24.2 Å². The molecule has 0 spiro atoms. The van der Waals surface area contributed by atoms with Crippen LogP contribution in [0.1, 0.15) is 37.6 Å². The molecule has 2 bridgehead atoms. The fraction of sp³-hybridized carbons (Fsp3) is 0.542. The Morgan fingerprint density at radius 3 is 2.84 bits per heavy atom. The number of hydrogen-bond donors (Lipinski definition) is 2. The summed E-state index contributed by atoms with van der Waals surface area (Å²) in [5.41, 5.74) is -3.98.